The maximum absolute atomic E-state index is 9.23. The molecular formula is C15H24N2O. The first-order valence-corrected chi connectivity index (χ1v) is 6.87. The molecule has 1 aromatic rings. The molecule has 0 aromatic heterocycles. The van der Waals surface area contributed by atoms with Gasteiger partial charge in [-0.3, -0.25) is 0 Å². The van der Waals surface area contributed by atoms with E-state index in [1.165, 1.54) is 11.1 Å². The van der Waals surface area contributed by atoms with Crippen LogP contribution in [0.5, 0.6) is 0 Å². The molecule has 0 amide bonds. The Kier molecular flexibility index (Phi) is 4.75. The van der Waals surface area contributed by atoms with E-state index in [4.69, 9.17) is 0 Å². The third kappa shape index (κ3) is 3.10. The SMILES string of the molecule is CC(CO)C(C)NC1CCNCc2ccccc21. The van der Waals surface area contributed by atoms with Crippen LogP contribution in [0, 0.1) is 5.92 Å². The summed E-state index contributed by atoms with van der Waals surface area (Å²) in [7, 11) is 0. The molecule has 3 N–H and O–H groups in total. The quantitative estimate of drug-likeness (QED) is 0.761. The second kappa shape index (κ2) is 6.32. The van der Waals surface area contributed by atoms with Gasteiger partial charge in [0, 0.05) is 25.2 Å². The second-order valence-corrected chi connectivity index (χ2v) is 5.33. The third-order valence-electron chi connectivity index (χ3n) is 3.96. The molecule has 3 heteroatoms. The Hall–Kier alpha value is -0.900. The lowest BCUT2D eigenvalue weighted by molar-refractivity contribution is 0.200. The van der Waals surface area contributed by atoms with Gasteiger partial charge in [0.25, 0.3) is 0 Å². The number of rotatable bonds is 4. The molecule has 0 saturated heterocycles. The standard InChI is InChI=1S/C15H24N2O/c1-11(10-18)12(2)17-15-7-8-16-9-13-5-3-4-6-14(13)15/h3-6,11-12,15-18H,7-10H2,1-2H3. The number of nitrogens with one attached hydrogen (secondary N) is 2. The topological polar surface area (TPSA) is 44.3 Å². The van der Waals surface area contributed by atoms with E-state index < -0.39 is 0 Å². The van der Waals surface area contributed by atoms with Crippen molar-refractivity contribution in [2.24, 2.45) is 5.92 Å². The number of hydrogen-bond donors (Lipinski definition) is 3. The minimum atomic E-state index is 0.237. The summed E-state index contributed by atoms with van der Waals surface area (Å²) in [6, 6.07) is 9.34. The minimum Gasteiger partial charge on any atom is -0.396 e. The first kappa shape index (κ1) is 13.5. The van der Waals surface area contributed by atoms with Crippen molar-refractivity contribution in [2.75, 3.05) is 13.2 Å². The first-order chi connectivity index (χ1) is 8.72. The molecule has 2 rings (SSSR count). The minimum absolute atomic E-state index is 0.237. The summed E-state index contributed by atoms with van der Waals surface area (Å²) in [4.78, 5) is 0. The van der Waals surface area contributed by atoms with Gasteiger partial charge >= 0.3 is 0 Å². The summed E-state index contributed by atoms with van der Waals surface area (Å²) >= 11 is 0. The number of aliphatic hydroxyl groups excluding tert-OH is 1. The van der Waals surface area contributed by atoms with Gasteiger partial charge in [-0.2, -0.15) is 0 Å². The van der Waals surface area contributed by atoms with Crippen LogP contribution in [0.15, 0.2) is 24.3 Å². The molecule has 100 valence electrons. The van der Waals surface area contributed by atoms with Crippen LogP contribution < -0.4 is 10.6 Å². The van der Waals surface area contributed by atoms with Crippen molar-refractivity contribution in [1.29, 1.82) is 0 Å². The van der Waals surface area contributed by atoms with Crippen LogP contribution in [0.4, 0.5) is 0 Å². The number of hydrogen-bond acceptors (Lipinski definition) is 3. The smallest absolute Gasteiger partial charge is 0.0471 e. The number of benzene rings is 1. The van der Waals surface area contributed by atoms with E-state index in [0.717, 1.165) is 19.5 Å². The number of aliphatic hydroxyl groups is 1. The predicted octanol–water partition coefficient (Wildman–Crippen LogP) is 1.83. The van der Waals surface area contributed by atoms with Crippen molar-refractivity contribution in [1.82, 2.24) is 10.6 Å². The monoisotopic (exact) mass is 248 g/mol. The van der Waals surface area contributed by atoms with E-state index in [1.807, 2.05) is 0 Å². The summed E-state index contributed by atoms with van der Waals surface area (Å²) in [6.07, 6.45) is 1.10. The lowest BCUT2D eigenvalue weighted by Crippen LogP contribution is -2.37. The molecule has 1 aromatic carbocycles. The van der Waals surface area contributed by atoms with Crippen LogP contribution >= 0.6 is 0 Å². The molecule has 1 aliphatic rings. The van der Waals surface area contributed by atoms with Crippen LogP contribution in [0.3, 0.4) is 0 Å². The lowest BCUT2D eigenvalue weighted by Gasteiger charge is -2.27. The van der Waals surface area contributed by atoms with Gasteiger partial charge < -0.3 is 15.7 Å². The Labute approximate surface area is 110 Å². The summed E-state index contributed by atoms with van der Waals surface area (Å²) in [5.41, 5.74) is 2.79. The molecule has 0 radical (unpaired) electrons. The Morgan fingerprint density at radius 3 is 2.94 bits per heavy atom. The van der Waals surface area contributed by atoms with Gasteiger partial charge in [-0.1, -0.05) is 31.2 Å². The second-order valence-electron chi connectivity index (χ2n) is 5.33. The van der Waals surface area contributed by atoms with E-state index >= 15 is 0 Å². The zero-order valence-electron chi connectivity index (χ0n) is 11.3. The Balaban J connectivity index is 2.13. The van der Waals surface area contributed by atoms with Gasteiger partial charge in [0.1, 0.15) is 0 Å². The largest absolute Gasteiger partial charge is 0.396 e. The molecule has 0 fully saturated rings. The van der Waals surface area contributed by atoms with Crippen molar-refractivity contribution in [3.8, 4) is 0 Å². The summed E-state index contributed by atoms with van der Waals surface area (Å²) in [5.74, 6) is 0.286. The molecule has 3 unspecified atom stereocenters. The van der Waals surface area contributed by atoms with Crippen LogP contribution in [-0.4, -0.2) is 24.3 Å². The summed E-state index contributed by atoms with van der Waals surface area (Å²) < 4.78 is 0. The highest BCUT2D eigenvalue weighted by molar-refractivity contribution is 5.31. The maximum atomic E-state index is 9.23. The normalized spacial score (nSPS) is 22.9. The molecule has 3 nitrogen and oxygen atoms in total. The molecule has 0 bridgehead atoms. The van der Waals surface area contributed by atoms with E-state index in [2.05, 4.69) is 48.7 Å². The van der Waals surface area contributed by atoms with Gasteiger partial charge in [0.05, 0.1) is 0 Å². The number of fused-ring (bicyclic) bond motifs is 1. The van der Waals surface area contributed by atoms with E-state index in [-0.39, 0.29) is 12.5 Å². The van der Waals surface area contributed by atoms with Gasteiger partial charge in [0.2, 0.25) is 0 Å². The molecule has 0 spiro atoms. The van der Waals surface area contributed by atoms with Crippen LogP contribution in [0.1, 0.15) is 37.4 Å². The van der Waals surface area contributed by atoms with Crippen molar-refractivity contribution >= 4 is 0 Å². The first-order valence-electron chi connectivity index (χ1n) is 6.87. The average molecular weight is 248 g/mol. The fourth-order valence-electron chi connectivity index (χ4n) is 2.47. The third-order valence-corrected chi connectivity index (χ3v) is 3.96. The maximum Gasteiger partial charge on any atom is 0.0471 e. The molecule has 18 heavy (non-hydrogen) atoms. The average Bonchev–Trinajstić information content (AvgIpc) is 2.60. The van der Waals surface area contributed by atoms with E-state index in [0.29, 0.717) is 12.1 Å². The van der Waals surface area contributed by atoms with E-state index in [1.54, 1.807) is 0 Å². The molecule has 0 aliphatic carbocycles. The fraction of sp³-hybridized carbons (Fsp3) is 0.600. The highest BCUT2D eigenvalue weighted by atomic mass is 16.3. The Morgan fingerprint density at radius 1 is 1.39 bits per heavy atom. The lowest BCUT2D eigenvalue weighted by atomic mass is 9.96. The fourth-order valence-corrected chi connectivity index (χ4v) is 2.47. The van der Waals surface area contributed by atoms with Gasteiger partial charge in [0.15, 0.2) is 0 Å². The molecular weight excluding hydrogens is 224 g/mol. The summed E-state index contributed by atoms with van der Waals surface area (Å²) in [5, 5.41) is 16.4. The zero-order chi connectivity index (χ0) is 13.0. The summed E-state index contributed by atoms with van der Waals surface area (Å²) in [6.45, 7) is 6.46. The van der Waals surface area contributed by atoms with Crippen molar-refractivity contribution in [3.05, 3.63) is 35.4 Å². The van der Waals surface area contributed by atoms with Crippen molar-refractivity contribution in [3.63, 3.8) is 0 Å². The highest BCUT2D eigenvalue weighted by Gasteiger charge is 2.21. The van der Waals surface area contributed by atoms with Crippen molar-refractivity contribution in [2.45, 2.75) is 38.9 Å². The van der Waals surface area contributed by atoms with Crippen LogP contribution in [0.2, 0.25) is 0 Å². The molecule has 1 aliphatic heterocycles. The van der Waals surface area contributed by atoms with Gasteiger partial charge in [-0.25, -0.2) is 0 Å². The highest BCUT2D eigenvalue weighted by Crippen LogP contribution is 2.24. The van der Waals surface area contributed by atoms with Gasteiger partial charge in [-0.05, 0) is 36.9 Å². The Morgan fingerprint density at radius 2 is 2.17 bits per heavy atom. The van der Waals surface area contributed by atoms with Gasteiger partial charge in [-0.15, -0.1) is 0 Å². The van der Waals surface area contributed by atoms with Crippen LogP contribution in [-0.2, 0) is 6.54 Å². The molecule has 3 atom stereocenters. The molecule has 1 heterocycles. The zero-order valence-corrected chi connectivity index (χ0v) is 11.3. The molecule has 0 saturated carbocycles. The van der Waals surface area contributed by atoms with Crippen molar-refractivity contribution < 1.29 is 5.11 Å². The van der Waals surface area contributed by atoms with Crippen LogP contribution in [0.25, 0.3) is 0 Å². The predicted molar refractivity (Wildman–Crippen MR) is 74.4 cm³/mol. The Bertz CT molecular complexity index is 381. The van der Waals surface area contributed by atoms with E-state index in [9.17, 15) is 5.11 Å².